The first kappa shape index (κ1) is 19.1. The predicted molar refractivity (Wildman–Crippen MR) is 98.3 cm³/mol. The standard InChI is InChI=1S/C20H21NO5/c1-24-17-11-16(12-18(13-17)25-2)20(23)21-14-19(22)26-10-6-9-15-7-4-3-5-8-15/h3-9,11-13H,10,14H2,1-2H3,(H,21,23)/b9-6+. The monoisotopic (exact) mass is 355 g/mol. The average Bonchev–Trinajstić information content (AvgIpc) is 2.69. The Balaban J connectivity index is 1.80. The molecule has 2 aromatic carbocycles. The van der Waals surface area contributed by atoms with E-state index in [1.165, 1.54) is 14.2 Å². The molecule has 0 aliphatic rings. The Labute approximate surface area is 152 Å². The third kappa shape index (κ3) is 5.98. The highest BCUT2D eigenvalue weighted by atomic mass is 16.5. The Kier molecular flexibility index (Phi) is 7.24. The first-order chi connectivity index (χ1) is 12.6. The van der Waals surface area contributed by atoms with Gasteiger partial charge in [-0.15, -0.1) is 0 Å². The van der Waals surface area contributed by atoms with Crippen LogP contribution in [0.2, 0.25) is 0 Å². The highest BCUT2D eigenvalue weighted by Crippen LogP contribution is 2.22. The molecule has 136 valence electrons. The second kappa shape index (κ2) is 9.88. The molecule has 1 N–H and O–H groups in total. The first-order valence-corrected chi connectivity index (χ1v) is 8.01. The summed E-state index contributed by atoms with van der Waals surface area (Å²) in [6, 6.07) is 14.4. The Morgan fingerprint density at radius 1 is 1.00 bits per heavy atom. The molecule has 6 heteroatoms. The van der Waals surface area contributed by atoms with Crippen LogP contribution < -0.4 is 14.8 Å². The molecule has 2 rings (SSSR count). The van der Waals surface area contributed by atoms with Crippen LogP contribution in [0.15, 0.2) is 54.6 Å². The zero-order chi connectivity index (χ0) is 18.8. The summed E-state index contributed by atoms with van der Waals surface area (Å²) in [6.07, 6.45) is 3.59. The number of benzene rings is 2. The van der Waals surface area contributed by atoms with Crippen molar-refractivity contribution in [1.82, 2.24) is 5.32 Å². The minimum absolute atomic E-state index is 0.135. The van der Waals surface area contributed by atoms with Crippen molar-refractivity contribution in [2.24, 2.45) is 0 Å². The SMILES string of the molecule is COc1cc(OC)cc(C(=O)NCC(=O)OC/C=C/c2ccccc2)c1. The summed E-state index contributed by atoms with van der Waals surface area (Å²) < 4.78 is 15.3. The molecule has 0 aromatic heterocycles. The van der Waals surface area contributed by atoms with Crippen LogP contribution in [0.5, 0.6) is 11.5 Å². The molecule has 0 aliphatic heterocycles. The van der Waals surface area contributed by atoms with E-state index in [1.54, 1.807) is 24.3 Å². The van der Waals surface area contributed by atoms with E-state index in [0.29, 0.717) is 17.1 Å². The lowest BCUT2D eigenvalue weighted by Gasteiger charge is -2.09. The lowest BCUT2D eigenvalue weighted by atomic mass is 10.2. The number of hydrogen-bond donors (Lipinski definition) is 1. The highest BCUT2D eigenvalue weighted by molar-refractivity contribution is 5.96. The lowest BCUT2D eigenvalue weighted by Crippen LogP contribution is -2.30. The van der Waals surface area contributed by atoms with E-state index in [2.05, 4.69) is 5.32 Å². The number of carbonyl (C=O) groups excluding carboxylic acids is 2. The van der Waals surface area contributed by atoms with Gasteiger partial charge in [0.15, 0.2) is 0 Å². The summed E-state index contributed by atoms with van der Waals surface area (Å²) in [5.41, 5.74) is 1.35. The Bertz CT molecular complexity index is 749. The zero-order valence-corrected chi connectivity index (χ0v) is 14.7. The van der Waals surface area contributed by atoms with Crippen molar-refractivity contribution in [3.63, 3.8) is 0 Å². The molecule has 6 nitrogen and oxygen atoms in total. The number of esters is 1. The molecular weight excluding hydrogens is 334 g/mol. The van der Waals surface area contributed by atoms with Crippen LogP contribution in [0.3, 0.4) is 0 Å². The van der Waals surface area contributed by atoms with E-state index in [-0.39, 0.29) is 13.2 Å². The number of hydrogen-bond acceptors (Lipinski definition) is 5. The van der Waals surface area contributed by atoms with E-state index in [9.17, 15) is 9.59 Å². The third-order valence-electron chi connectivity index (χ3n) is 3.46. The van der Waals surface area contributed by atoms with E-state index >= 15 is 0 Å². The van der Waals surface area contributed by atoms with Gasteiger partial charge in [0.05, 0.1) is 14.2 Å². The highest BCUT2D eigenvalue weighted by Gasteiger charge is 2.11. The van der Waals surface area contributed by atoms with Gasteiger partial charge in [0.25, 0.3) is 5.91 Å². The van der Waals surface area contributed by atoms with E-state index in [1.807, 2.05) is 36.4 Å². The molecule has 0 spiro atoms. The quantitative estimate of drug-likeness (QED) is 0.737. The van der Waals surface area contributed by atoms with Crippen LogP contribution in [-0.4, -0.2) is 39.2 Å². The first-order valence-electron chi connectivity index (χ1n) is 8.01. The lowest BCUT2D eigenvalue weighted by molar-refractivity contribution is -0.141. The van der Waals surface area contributed by atoms with Gasteiger partial charge in [-0.3, -0.25) is 9.59 Å². The minimum Gasteiger partial charge on any atom is -0.497 e. The second-order valence-corrected chi connectivity index (χ2v) is 5.28. The molecule has 0 unspecified atom stereocenters. The fraction of sp³-hybridized carbons (Fsp3) is 0.200. The molecule has 26 heavy (non-hydrogen) atoms. The van der Waals surface area contributed by atoms with Gasteiger partial charge in [-0.1, -0.05) is 36.4 Å². The largest absolute Gasteiger partial charge is 0.497 e. The number of methoxy groups -OCH3 is 2. The van der Waals surface area contributed by atoms with E-state index in [4.69, 9.17) is 14.2 Å². The summed E-state index contributed by atoms with van der Waals surface area (Å²) in [7, 11) is 2.99. The fourth-order valence-corrected chi connectivity index (χ4v) is 2.13. The van der Waals surface area contributed by atoms with Gasteiger partial charge in [-0.25, -0.2) is 0 Å². The maximum absolute atomic E-state index is 12.2. The normalized spacial score (nSPS) is 10.4. The van der Waals surface area contributed by atoms with Crippen LogP contribution >= 0.6 is 0 Å². The van der Waals surface area contributed by atoms with Crippen molar-refractivity contribution < 1.29 is 23.8 Å². The van der Waals surface area contributed by atoms with Crippen molar-refractivity contribution in [2.75, 3.05) is 27.4 Å². The third-order valence-corrected chi connectivity index (χ3v) is 3.46. The van der Waals surface area contributed by atoms with Crippen LogP contribution in [0.1, 0.15) is 15.9 Å². The van der Waals surface area contributed by atoms with Crippen molar-refractivity contribution in [1.29, 1.82) is 0 Å². The zero-order valence-electron chi connectivity index (χ0n) is 14.7. The van der Waals surface area contributed by atoms with Gasteiger partial charge in [0.1, 0.15) is 24.7 Å². The fourth-order valence-electron chi connectivity index (χ4n) is 2.13. The summed E-state index contributed by atoms with van der Waals surface area (Å²) in [5, 5.41) is 2.51. The molecule has 0 radical (unpaired) electrons. The van der Waals surface area contributed by atoms with Crippen molar-refractivity contribution in [2.45, 2.75) is 0 Å². The molecule has 0 saturated heterocycles. The van der Waals surface area contributed by atoms with Crippen LogP contribution in [-0.2, 0) is 9.53 Å². The maximum atomic E-state index is 12.2. The number of amides is 1. The van der Waals surface area contributed by atoms with Gasteiger partial charge in [-0.2, -0.15) is 0 Å². The Morgan fingerprint density at radius 3 is 2.27 bits per heavy atom. The van der Waals surface area contributed by atoms with Crippen molar-refractivity contribution >= 4 is 18.0 Å². The minimum atomic E-state index is -0.522. The maximum Gasteiger partial charge on any atom is 0.325 e. The summed E-state index contributed by atoms with van der Waals surface area (Å²) in [6.45, 7) is -0.0892. The van der Waals surface area contributed by atoms with Crippen LogP contribution in [0.25, 0.3) is 6.08 Å². The number of rotatable bonds is 8. The molecular formula is C20H21NO5. The molecule has 2 aromatic rings. The van der Waals surface area contributed by atoms with E-state index in [0.717, 1.165) is 5.56 Å². The predicted octanol–water partition coefficient (Wildman–Crippen LogP) is 2.69. The van der Waals surface area contributed by atoms with Gasteiger partial charge in [-0.05, 0) is 23.8 Å². The molecule has 0 atom stereocenters. The molecule has 0 heterocycles. The molecule has 0 bridgehead atoms. The number of nitrogens with one attached hydrogen (secondary N) is 1. The smallest absolute Gasteiger partial charge is 0.325 e. The molecule has 1 amide bonds. The second-order valence-electron chi connectivity index (χ2n) is 5.28. The molecule has 0 saturated carbocycles. The Hall–Kier alpha value is -3.28. The van der Waals surface area contributed by atoms with Gasteiger partial charge < -0.3 is 19.5 Å². The molecule has 0 fully saturated rings. The Morgan fingerprint density at radius 2 is 1.65 bits per heavy atom. The van der Waals surface area contributed by atoms with Crippen LogP contribution in [0, 0.1) is 0 Å². The van der Waals surface area contributed by atoms with Crippen molar-refractivity contribution in [3.05, 3.63) is 65.7 Å². The number of carbonyl (C=O) groups is 2. The summed E-state index contributed by atoms with van der Waals surface area (Å²) in [4.78, 5) is 23.9. The van der Waals surface area contributed by atoms with E-state index < -0.39 is 11.9 Å². The average molecular weight is 355 g/mol. The topological polar surface area (TPSA) is 73.9 Å². The van der Waals surface area contributed by atoms with Crippen LogP contribution in [0.4, 0.5) is 0 Å². The van der Waals surface area contributed by atoms with Gasteiger partial charge in [0.2, 0.25) is 0 Å². The van der Waals surface area contributed by atoms with Gasteiger partial charge >= 0.3 is 5.97 Å². The number of ether oxygens (including phenoxy) is 3. The van der Waals surface area contributed by atoms with Gasteiger partial charge in [0, 0.05) is 11.6 Å². The van der Waals surface area contributed by atoms with Crippen molar-refractivity contribution in [3.8, 4) is 11.5 Å². The molecule has 0 aliphatic carbocycles. The summed E-state index contributed by atoms with van der Waals surface area (Å²) in [5.74, 6) is 0.0381. The summed E-state index contributed by atoms with van der Waals surface area (Å²) >= 11 is 0.